The third kappa shape index (κ3) is 7.58. The molecule has 9 aliphatic rings. The quantitative estimate of drug-likeness (QED) is 0.145. The molecule has 5 saturated heterocycles. The molecule has 17 heteroatoms. The summed E-state index contributed by atoms with van der Waals surface area (Å²) < 4.78 is 49.7. The zero-order valence-electron chi connectivity index (χ0n) is 36.0. The van der Waals surface area contributed by atoms with E-state index in [1.807, 2.05) is 0 Å². The number of hydrogen-bond acceptors (Lipinski definition) is 17. The van der Waals surface area contributed by atoms with Crippen molar-refractivity contribution in [2.24, 2.45) is 52.3 Å². The summed E-state index contributed by atoms with van der Waals surface area (Å²) >= 11 is 0. The molecule has 4 aliphatic carbocycles. The molecule has 1 spiro atoms. The van der Waals surface area contributed by atoms with E-state index in [-0.39, 0.29) is 29.6 Å². The first-order valence-corrected chi connectivity index (χ1v) is 23.2. The number of ether oxygens (including phenoxy) is 8. The minimum Gasteiger partial charge on any atom is -0.394 e. The van der Waals surface area contributed by atoms with Crippen molar-refractivity contribution in [1.29, 1.82) is 0 Å². The molecule has 5 heterocycles. The Hall–Kier alpha value is -0.680. The first kappa shape index (κ1) is 45.5. The molecule has 350 valence electrons. The molecule has 17 nitrogen and oxygen atoms in total. The molecule has 5 aliphatic heterocycles. The highest BCUT2D eigenvalue weighted by atomic mass is 16.8. The minimum atomic E-state index is -1.80. The number of aliphatic hydroxyl groups excluding tert-OH is 9. The summed E-state index contributed by atoms with van der Waals surface area (Å²) in [7, 11) is 0. The monoisotopic (exact) mass is 872 g/mol. The highest BCUT2D eigenvalue weighted by Gasteiger charge is 2.69. The van der Waals surface area contributed by atoms with Crippen molar-refractivity contribution in [2.45, 2.75) is 196 Å². The Kier molecular flexibility index (Phi) is 12.8. The maximum absolute atomic E-state index is 12.0. The fourth-order valence-electron chi connectivity index (χ4n) is 14.4. The lowest BCUT2D eigenvalue weighted by Crippen LogP contribution is -2.66. The topological polar surface area (TPSA) is 256 Å². The van der Waals surface area contributed by atoms with Crippen molar-refractivity contribution in [3.63, 3.8) is 0 Å². The summed E-state index contributed by atoms with van der Waals surface area (Å²) in [4.78, 5) is 0. The lowest BCUT2D eigenvalue weighted by molar-refractivity contribution is -0.388. The van der Waals surface area contributed by atoms with Crippen molar-refractivity contribution in [2.75, 3.05) is 26.4 Å². The first-order valence-electron chi connectivity index (χ1n) is 23.2. The van der Waals surface area contributed by atoms with Gasteiger partial charge in [0.2, 0.25) is 0 Å². The second-order valence-electron chi connectivity index (χ2n) is 21.1. The van der Waals surface area contributed by atoms with Crippen LogP contribution in [0, 0.1) is 52.3 Å². The zero-order valence-corrected chi connectivity index (χ0v) is 36.0. The van der Waals surface area contributed by atoms with Gasteiger partial charge in [0, 0.05) is 12.3 Å². The molecule has 0 aromatic carbocycles. The first-order chi connectivity index (χ1) is 29.0. The largest absolute Gasteiger partial charge is 0.394 e. The normalized spacial score (nSPS) is 58.5. The smallest absolute Gasteiger partial charge is 0.187 e. The highest BCUT2D eigenvalue weighted by Crippen LogP contribution is 2.71. The van der Waals surface area contributed by atoms with Gasteiger partial charge < -0.3 is 83.9 Å². The van der Waals surface area contributed by atoms with E-state index in [9.17, 15) is 46.0 Å². The van der Waals surface area contributed by atoms with Gasteiger partial charge in [0.25, 0.3) is 0 Å². The Morgan fingerprint density at radius 3 is 2.03 bits per heavy atom. The Bertz CT molecular complexity index is 1520. The lowest BCUT2D eigenvalue weighted by atomic mass is 9.44. The number of aliphatic hydroxyl groups is 9. The van der Waals surface area contributed by atoms with Crippen LogP contribution in [0.5, 0.6) is 0 Å². The standard InChI is InChI=1S/C44H72O17/c1-19-7-12-44(55-17-19)20(2)30-27(61-44)14-25-23-6-5-21-13-22(8-10-42(21,3)24(23)9-11-43(25,30)4)56-41-38(60-40-35(52)33(50)32(49)28(15-45)57-40)36(53)37(29(16-46)58-41)59-39-34(51)31(48)26(47)18-54-39/h19-41,45-53H,5-18H2,1-4H3/t19-,20-,21+,22-,23-,24-,25-,26+,27+,28+,29+,30-,31-,32+,33-,34+,35+,36-,37+,38+,39-,40-,41+,42-,43-,44+/m0/s1. The molecule has 9 N–H and O–H groups in total. The van der Waals surface area contributed by atoms with Crippen LogP contribution in [0.4, 0.5) is 0 Å². The minimum absolute atomic E-state index is 0.100. The van der Waals surface area contributed by atoms with Crippen LogP contribution in [-0.4, -0.2) is 176 Å². The molecular weight excluding hydrogens is 800 g/mol. The zero-order chi connectivity index (χ0) is 43.3. The molecule has 0 amide bonds. The van der Waals surface area contributed by atoms with E-state index in [0.29, 0.717) is 47.8 Å². The Morgan fingerprint density at radius 1 is 0.607 bits per heavy atom. The molecule has 0 bridgehead atoms. The Morgan fingerprint density at radius 2 is 1.31 bits per heavy atom. The van der Waals surface area contributed by atoms with Crippen LogP contribution in [0.3, 0.4) is 0 Å². The van der Waals surface area contributed by atoms with E-state index in [1.54, 1.807) is 0 Å². The second-order valence-corrected chi connectivity index (χ2v) is 21.1. The molecular formula is C44H72O17. The van der Waals surface area contributed by atoms with E-state index in [1.165, 1.54) is 12.8 Å². The molecule has 0 aromatic rings. The van der Waals surface area contributed by atoms with Gasteiger partial charge >= 0.3 is 0 Å². The van der Waals surface area contributed by atoms with E-state index < -0.39 is 105 Å². The second kappa shape index (κ2) is 17.2. The third-order valence-electron chi connectivity index (χ3n) is 17.9. The Labute approximate surface area is 357 Å². The average Bonchev–Trinajstić information content (AvgIpc) is 3.69. The molecule has 4 saturated carbocycles. The predicted molar refractivity (Wildman–Crippen MR) is 210 cm³/mol. The van der Waals surface area contributed by atoms with Gasteiger partial charge in [-0.05, 0) is 104 Å². The highest BCUT2D eigenvalue weighted by molar-refractivity contribution is 5.15. The van der Waals surface area contributed by atoms with Crippen molar-refractivity contribution in [3.05, 3.63) is 0 Å². The predicted octanol–water partition coefficient (Wildman–Crippen LogP) is -0.0945. The average molecular weight is 873 g/mol. The summed E-state index contributed by atoms with van der Waals surface area (Å²) in [5.74, 6) is 3.16. The van der Waals surface area contributed by atoms with Crippen molar-refractivity contribution >= 4 is 0 Å². The summed E-state index contributed by atoms with van der Waals surface area (Å²) in [6.45, 7) is 8.71. The van der Waals surface area contributed by atoms with Crippen molar-refractivity contribution in [1.82, 2.24) is 0 Å². The van der Waals surface area contributed by atoms with Crippen LogP contribution in [0.1, 0.15) is 91.9 Å². The summed E-state index contributed by atoms with van der Waals surface area (Å²) in [5.41, 5.74) is 0.315. The van der Waals surface area contributed by atoms with E-state index in [0.717, 1.165) is 51.6 Å². The van der Waals surface area contributed by atoms with Gasteiger partial charge in [0.15, 0.2) is 24.7 Å². The number of hydrogen-bond donors (Lipinski definition) is 9. The number of rotatable bonds is 8. The molecule has 26 atom stereocenters. The van der Waals surface area contributed by atoms with Crippen molar-refractivity contribution in [3.8, 4) is 0 Å². The molecule has 0 radical (unpaired) electrons. The van der Waals surface area contributed by atoms with Crippen LogP contribution in [0.25, 0.3) is 0 Å². The van der Waals surface area contributed by atoms with E-state index >= 15 is 0 Å². The summed E-state index contributed by atoms with van der Waals surface area (Å²) in [6.07, 6.45) is -11.6. The maximum Gasteiger partial charge on any atom is 0.187 e. The van der Waals surface area contributed by atoms with Crippen LogP contribution in [0.2, 0.25) is 0 Å². The fraction of sp³-hybridized carbons (Fsp3) is 1.00. The fourth-order valence-corrected chi connectivity index (χ4v) is 14.4. The lowest BCUT2D eigenvalue weighted by Gasteiger charge is -2.61. The van der Waals surface area contributed by atoms with Gasteiger partial charge in [0.05, 0.1) is 38.6 Å². The van der Waals surface area contributed by atoms with Gasteiger partial charge in [-0.2, -0.15) is 0 Å². The van der Waals surface area contributed by atoms with Crippen molar-refractivity contribution < 1.29 is 83.9 Å². The molecule has 0 aromatic heterocycles. The van der Waals surface area contributed by atoms with E-state index in [4.69, 9.17) is 37.9 Å². The van der Waals surface area contributed by atoms with Crippen LogP contribution >= 0.6 is 0 Å². The van der Waals surface area contributed by atoms with Crippen LogP contribution < -0.4 is 0 Å². The molecule has 61 heavy (non-hydrogen) atoms. The van der Waals surface area contributed by atoms with E-state index in [2.05, 4.69) is 27.7 Å². The maximum atomic E-state index is 12.0. The molecule has 9 rings (SSSR count). The summed E-state index contributed by atoms with van der Waals surface area (Å²) in [6, 6.07) is 0. The third-order valence-corrected chi connectivity index (χ3v) is 17.9. The van der Waals surface area contributed by atoms with Crippen LogP contribution in [0.15, 0.2) is 0 Å². The van der Waals surface area contributed by atoms with Gasteiger partial charge in [-0.25, -0.2) is 0 Å². The Balaban J connectivity index is 0.898. The van der Waals surface area contributed by atoms with Gasteiger partial charge in [-0.1, -0.05) is 27.7 Å². The van der Waals surface area contributed by atoms with Crippen LogP contribution in [-0.2, 0) is 37.9 Å². The van der Waals surface area contributed by atoms with Gasteiger partial charge in [0.1, 0.15) is 67.1 Å². The molecule has 0 unspecified atom stereocenters. The SMILES string of the molecule is C[C@H]1CC[C@@]2(OC1)O[C@@H]1C[C@H]3[C@H]4CC[C@@H]5C[C@@H](O[C@@H]6O[C@H](CO)[C@@H](O[C@@H]7OC[C@@H](O)[C@H](O)[C@H]7O)[C@H](O)[C@H]6O[C@@H]6O[C@H](CO)[C@@H](O)[C@H](O)[C@H]6O)CC[C@]5(C)[C@H]4CC[C@]3(C)[C@H]1[C@@H]2C. The van der Waals surface area contributed by atoms with Gasteiger partial charge in [-0.3, -0.25) is 0 Å². The molecule has 9 fully saturated rings. The van der Waals surface area contributed by atoms with Gasteiger partial charge in [-0.15, -0.1) is 0 Å². The summed E-state index contributed by atoms with van der Waals surface area (Å²) in [5, 5.41) is 95.1. The number of fused-ring (bicyclic) bond motifs is 7.